The molecule has 1 N–H and O–H groups in total. The number of aromatic nitrogens is 1. The molecule has 0 saturated heterocycles. The van der Waals surface area contributed by atoms with Crippen LogP contribution >= 0.6 is 23.2 Å². The van der Waals surface area contributed by atoms with Gasteiger partial charge in [0.05, 0.1) is 27.8 Å². The highest BCUT2D eigenvalue weighted by atomic mass is 35.5. The molecule has 30 heavy (non-hydrogen) atoms. The largest absolute Gasteiger partial charge is 0.342 e. The number of carbonyl (C=O) groups is 2. The van der Waals surface area contributed by atoms with Crippen molar-refractivity contribution >= 4 is 46.9 Å². The number of hydrazone groups is 1. The van der Waals surface area contributed by atoms with Crippen LogP contribution in [0.25, 0.3) is 0 Å². The van der Waals surface area contributed by atoms with Gasteiger partial charge in [-0.3, -0.25) is 9.78 Å². The van der Waals surface area contributed by atoms with Gasteiger partial charge in [0.15, 0.2) is 5.78 Å². The highest BCUT2D eigenvalue weighted by Crippen LogP contribution is 2.31. The molecule has 0 aliphatic carbocycles. The molecule has 0 radical (unpaired) electrons. The molecule has 4 rings (SSSR count). The SMILES string of the molecule is O=C(c1cccnc1)c1c(Cl)cc(Cc2ccccc2N2N=CCNC2=O)cc1Cl. The molecule has 1 aromatic heterocycles. The Labute approximate surface area is 183 Å². The Hall–Kier alpha value is -3.22. The van der Waals surface area contributed by atoms with E-state index in [0.29, 0.717) is 24.2 Å². The zero-order valence-corrected chi connectivity index (χ0v) is 17.2. The average molecular weight is 439 g/mol. The fourth-order valence-electron chi connectivity index (χ4n) is 3.23. The standard InChI is InChI=1S/C22H16Cl2N4O2/c23-17-11-14(12-18(24)20(17)21(29)16-5-3-7-25-13-16)10-15-4-1-2-6-19(15)28-22(30)26-8-9-27-28/h1-7,9,11-13H,8,10H2,(H,26,30). The van der Waals surface area contributed by atoms with Crippen LogP contribution in [-0.2, 0) is 6.42 Å². The van der Waals surface area contributed by atoms with E-state index >= 15 is 0 Å². The summed E-state index contributed by atoms with van der Waals surface area (Å²) in [6, 6.07) is 13.9. The maximum Gasteiger partial charge on any atom is 0.342 e. The maximum absolute atomic E-state index is 12.8. The molecule has 0 saturated carbocycles. The zero-order chi connectivity index (χ0) is 21.1. The summed E-state index contributed by atoms with van der Waals surface area (Å²) in [4.78, 5) is 28.9. The number of nitrogens with one attached hydrogen (secondary N) is 1. The molecule has 0 unspecified atom stereocenters. The third-order valence-electron chi connectivity index (χ3n) is 4.60. The minimum absolute atomic E-state index is 0.239. The lowest BCUT2D eigenvalue weighted by atomic mass is 9.99. The second-order valence-corrected chi connectivity index (χ2v) is 7.42. The molecule has 2 heterocycles. The Morgan fingerprint density at radius 2 is 1.87 bits per heavy atom. The number of carbonyl (C=O) groups excluding carboxylic acids is 2. The van der Waals surface area contributed by atoms with Crippen molar-refractivity contribution < 1.29 is 9.59 Å². The fourth-order valence-corrected chi connectivity index (χ4v) is 3.93. The summed E-state index contributed by atoms with van der Waals surface area (Å²) < 4.78 is 0. The van der Waals surface area contributed by atoms with Crippen LogP contribution in [0, 0.1) is 0 Å². The smallest absolute Gasteiger partial charge is 0.331 e. The molecular weight excluding hydrogens is 423 g/mol. The van der Waals surface area contributed by atoms with E-state index in [4.69, 9.17) is 23.2 Å². The molecule has 3 aromatic rings. The van der Waals surface area contributed by atoms with Crippen molar-refractivity contribution in [2.24, 2.45) is 5.10 Å². The molecule has 0 atom stereocenters. The summed E-state index contributed by atoms with van der Waals surface area (Å²) in [5.41, 5.74) is 2.98. The number of ketones is 1. The van der Waals surface area contributed by atoms with E-state index in [-0.39, 0.29) is 27.4 Å². The molecule has 2 aromatic carbocycles. The molecule has 0 bridgehead atoms. The molecule has 2 amide bonds. The Bertz CT molecular complexity index is 1130. The first-order valence-electron chi connectivity index (χ1n) is 9.15. The lowest BCUT2D eigenvalue weighted by Gasteiger charge is -2.23. The summed E-state index contributed by atoms with van der Waals surface area (Å²) >= 11 is 12.9. The number of urea groups is 1. The monoisotopic (exact) mass is 438 g/mol. The van der Waals surface area contributed by atoms with Gasteiger partial charge in [0.25, 0.3) is 0 Å². The minimum atomic E-state index is -0.293. The third-order valence-corrected chi connectivity index (χ3v) is 5.20. The van der Waals surface area contributed by atoms with E-state index in [2.05, 4.69) is 15.4 Å². The van der Waals surface area contributed by atoms with Crippen LogP contribution < -0.4 is 10.3 Å². The zero-order valence-electron chi connectivity index (χ0n) is 15.7. The van der Waals surface area contributed by atoms with Crippen LogP contribution in [0.1, 0.15) is 27.0 Å². The van der Waals surface area contributed by atoms with Crippen molar-refractivity contribution in [1.82, 2.24) is 10.3 Å². The van der Waals surface area contributed by atoms with E-state index in [1.165, 1.54) is 11.2 Å². The number of amides is 2. The van der Waals surface area contributed by atoms with Gasteiger partial charge in [-0.1, -0.05) is 41.4 Å². The lowest BCUT2D eigenvalue weighted by Crippen LogP contribution is -2.42. The van der Waals surface area contributed by atoms with Crippen molar-refractivity contribution in [2.75, 3.05) is 11.6 Å². The second kappa shape index (κ2) is 8.65. The number of pyridine rings is 1. The summed E-state index contributed by atoms with van der Waals surface area (Å²) in [6.07, 6.45) is 5.15. The van der Waals surface area contributed by atoms with E-state index in [9.17, 15) is 9.59 Å². The molecule has 150 valence electrons. The van der Waals surface area contributed by atoms with Gasteiger partial charge in [0, 0.05) is 24.2 Å². The Balaban J connectivity index is 1.66. The van der Waals surface area contributed by atoms with E-state index in [1.807, 2.05) is 24.3 Å². The maximum atomic E-state index is 12.8. The summed E-state index contributed by atoms with van der Waals surface area (Å²) in [5, 5.41) is 8.76. The van der Waals surface area contributed by atoms with Gasteiger partial charge in [-0.2, -0.15) is 10.1 Å². The van der Waals surface area contributed by atoms with Gasteiger partial charge in [0.1, 0.15) is 0 Å². The fraction of sp³-hybridized carbons (Fsp3) is 0.0909. The number of anilines is 1. The number of rotatable bonds is 5. The first kappa shape index (κ1) is 20.1. The van der Waals surface area contributed by atoms with Crippen LogP contribution in [-0.4, -0.2) is 29.6 Å². The molecular formula is C22H16Cl2N4O2. The average Bonchev–Trinajstić information content (AvgIpc) is 2.75. The molecule has 8 heteroatoms. The Morgan fingerprint density at radius 1 is 1.10 bits per heavy atom. The van der Waals surface area contributed by atoms with Crippen molar-refractivity contribution in [3.05, 3.63) is 93.2 Å². The van der Waals surface area contributed by atoms with E-state index in [1.54, 1.807) is 36.7 Å². The summed E-state index contributed by atoms with van der Waals surface area (Å²) in [6.45, 7) is 0.398. The minimum Gasteiger partial charge on any atom is -0.331 e. The van der Waals surface area contributed by atoms with Crippen LogP contribution in [0.2, 0.25) is 10.0 Å². The van der Waals surface area contributed by atoms with Crippen LogP contribution in [0.3, 0.4) is 0 Å². The number of para-hydroxylation sites is 1. The molecule has 0 fully saturated rings. The first-order valence-corrected chi connectivity index (χ1v) is 9.91. The highest BCUT2D eigenvalue weighted by Gasteiger charge is 2.21. The van der Waals surface area contributed by atoms with Gasteiger partial charge in [0.2, 0.25) is 0 Å². The third kappa shape index (κ3) is 4.06. The predicted octanol–water partition coefficient (Wildman–Crippen LogP) is 4.73. The van der Waals surface area contributed by atoms with Crippen molar-refractivity contribution in [3.8, 4) is 0 Å². The molecule has 6 nitrogen and oxygen atoms in total. The van der Waals surface area contributed by atoms with Crippen molar-refractivity contribution in [3.63, 3.8) is 0 Å². The number of nitrogens with zero attached hydrogens (tertiary/aromatic N) is 3. The van der Waals surface area contributed by atoms with Crippen LogP contribution in [0.5, 0.6) is 0 Å². The molecule has 1 aliphatic heterocycles. The van der Waals surface area contributed by atoms with Gasteiger partial charge < -0.3 is 5.32 Å². The number of hydrogen-bond acceptors (Lipinski definition) is 4. The quantitative estimate of drug-likeness (QED) is 0.585. The second-order valence-electron chi connectivity index (χ2n) is 6.61. The van der Waals surface area contributed by atoms with Crippen molar-refractivity contribution in [1.29, 1.82) is 0 Å². The van der Waals surface area contributed by atoms with E-state index < -0.39 is 0 Å². The van der Waals surface area contributed by atoms with Crippen LogP contribution in [0.15, 0.2) is 66.0 Å². The predicted molar refractivity (Wildman–Crippen MR) is 118 cm³/mol. The Kier molecular flexibility index (Phi) is 5.79. The topological polar surface area (TPSA) is 74.7 Å². The lowest BCUT2D eigenvalue weighted by molar-refractivity contribution is 0.103. The van der Waals surface area contributed by atoms with Gasteiger partial charge >= 0.3 is 6.03 Å². The highest BCUT2D eigenvalue weighted by molar-refractivity contribution is 6.41. The molecule has 1 aliphatic rings. The van der Waals surface area contributed by atoms with Crippen molar-refractivity contribution in [2.45, 2.75) is 6.42 Å². The van der Waals surface area contributed by atoms with Crippen LogP contribution in [0.4, 0.5) is 10.5 Å². The van der Waals surface area contributed by atoms with Gasteiger partial charge in [-0.15, -0.1) is 0 Å². The number of halogens is 2. The normalized spacial score (nSPS) is 13.3. The Morgan fingerprint density at radius 3 is 2.57 bits per heavy atom. The van der Waals surface area contributed by atoms with E-state index in [0.717, 1.165) is 11.1 Å². The summed E-state index contributed by atoms with van der Waals surface area (Å²) in [5.74, 6) is -0.288. The van der Waals surface area contributed by atoms with Gasteiger partial charge in [-0.05, 0) is 47.9 Å². The van der Waals surface area contributed by atoms with Gasteiger partial charge in [-0.25, -0.2) is 4.79 Å². The first-order chi connectivity index (χ1) is 14.5. The number of benzene rings is 2. The summed E-state index contributed by atoms with van der Waals surface area (Å²) in [7, 11) is 0. The molecule has 0 spiro atoms. The number of hydrogen-bond donors (Lipinski definition) is 1.